The number of carbonyl (C=O) groups excluding carboxylic acids is 5. The van der Waals surface area contributed by atoms with E-state index in [9.17, 15) is 24.0 Å². The van der Waals surface area contributed by atoms with Crippen molar-refractivity contribution in [1.82, 2.24) is 20.9 Å². The first-order valence-corrected chi connectivity index (χ1v) is 9.61. The molecule has 3 atom stereocenters. The second kappa shape index (κ2) is 7.77. The van der Waals surface area contributed by atoms with Gasteiger partial charge in [-0.25, -0.2) is 14.4 Å². The number of carbonyl (C=O) groups is 5. The van der Waals surface area contributed by atoms with E-state index < -0.39 is 58.5 Å². The molecule has 0 aromatic heterocycles. The van der Waals surface area contributed by atoms with Crippen molar-refractivity contribution in [3.05, 3.63) is 0 Å². The lowest BCUT2D eigenvalue weighted by atomic mass is 9.85. The first kappa shape index (κ1) is 23.4. The Kier molecular flexibility index (Phi) is 6.07. The van der Waals surface area contributed by atoms with Gasteiger partial charge < -0.3 is 25.0 Å². The van der Waals surface area contributed by atoms with Crippen molar-refractivity contribution in [2.45, 2.75) is 71.2 Å². The predicted octanol–water partition coefficient (Wildman–Crippen LogP) is 0.278. The molecule has 0 bridgehead atoms. The van der Waals surface area contributed by atoms with Crippen LogP contribution in [0, 0.1) is 5.41 Å². The van der Waals surface area contributed by atoms with Gasteiger partial charge in [-0.3, -0.25) is 14.9 Å². The summed E-state index contributed by atoms with van der Waals surface area (Å²) >= 11 is 0. The topological polar surface area (TPSA) is 143 Å². The molecule has 2 fully saturated rings. The molecule has 2 aliphatic rings. The third-order valence-corrected chi connectivity index (χ3v) is 4.90. The number of urea groups is 1. The zero-order valence-electron chi connectivity index (χ0n) is 18.4. The minimum atomic E-state index is -1.43. The van der Waals surface area contributed by atoms with Crippen LogP contribution in [-0.4, -0.2) is 71.7 Å². The van der Waals surface area contributed by atoms with Crippen LogP contribution in [-0.2, 0) is 23.9 Å². The van der Waals surface area contributed by atoms with Crippen LogP contribution in [0.1, 0.15) is 48.0 Å². The summed E-state index contributed by atoms with van der Waals surface area (Å²) in [6.07, 6.45) is -0.919. The second-order valence-electron chi connectivity index (χ2n) is 9.64. The summed E-state index contributed by atoms with van der Waals surface area (Å²) in [5, 5.41) is 7.22. The van der Waals surface area contributed by atoms with Crippen LogP contribution in [0.3, 0.4) is 0 Å². The van der Waals surface area contributed by atoms with Crippen LogP contribution in [0.2, 0.25) is 0 Å². The Morgan fingerprint density at radius 1 is 1.17 bits per heavy atom. The molecule has 3 N–H and O–H groups in total. The number of hydrogen-bond acceptors (Lipinski definition) is 7. The fourth-order valence-corrected chi connectivity index (χ4v) is 3.51. The summed E-state index contributed by atoms with van der Waals surface area (Å²) in [4.78, 5) is 63.4. The lowest BCUT2D eigenvalue weighted by Crippen LogP contribution is -2.58. The lowest BCUT2D eigenvalue weighted by molar-refractivity contribution is -0.152. The molecular weight excluding hydrogens is 396 g/mol. The van der Waals surface area contributed by atoms with Gasteiger partial charge in [0, 0.05) is 6.42 Å². The Labute approximate surface area is 175 Å². The van der Waals surface area contributed by atoms with Crippen molar-refractivity contribution < 1.29 is 33.4 Å². The number of likely N-dealkylation sites (tertiary alicyclic amines) is 1. The van der Waals surface area contributed by atoms with E-state index >= 15 is 0 Å². The highest BCUT2D eigenvalue weighted by Crippen LogP contribution is 2.33. The molecule has 2 aliphatic heterocycles. The molecule has 0 aromatic carbocycles. The summed E-state index contributed by atoms with van der Waals surface area (Å²) in [7, 11) is 1.17. The van der Waals surface area contributed by atoms with E-state index in [4.69, 9.17) is 9.47 Å². The number of amides is 5. The summed E-state index contributed by atoms with van der Waals surface area (Å²) in [5.74, 6) is -1.93. The number of alkyl carbamates (subject to hydrolysis) is 1. The minimum Gasteiger partial charge on any atom is -0.467 e. The van der Waals surface area contributed by atoms with Gasteiger partial charge in [0.15, 0.2) is 0 Å². The summed E-state index contributed by atoms with van der Waals surface area (Å²) in [6, 6.07) is -2.86. The Balaban J connectivity index is 2.34. The smallest absolute Gasteiger partial charge is 0.408 e. The maximum Gasteiger partial charge on any atom is 0.408 e. The Bertz CT molecular complexity index is 768. The van der Waals surface area contributed by atoms with Crippen molar-refractivity contribution in [3.8, 4) is 0 Å². The van der Waals surface area contributed by atoms with Gasteiger partial charge >= 0.3 is 18.1 Å². The van der Waals surface area contributed by atoms with Gasteiger partial charge in [0.25, 0.3) is 5.91 Å². The van der Waals surface area contributed by atoms with Gasteiger partial charge in [-0.15, -0.1) is 0 Å². The quantitative estimate of drug-likeness (QED) is 0.434. The SMILES string of the molecule is COC(=O)C1CC2(CN1C(=O)C(NC(=O)OC(C)(C)C)C(C)(C)C)NC(=O)NC2=O. The molecule has 0 aliphatic carbocycles. The van der Waals surface area contributed by atoms with E-state index in [1.807, 2.05) is 0 Å². The molecule has 1 spiro atoms. The molecule has 11 nitrogen and oxygen atoms in total. The van der Waals surface area contributed by atoms with E-state index in [1.165, 1.54) is 12.0 Å². The maximum absolute atomic E-state index is 13.5. The Morgan fingerprint density at radius 2 is 1.77 bits per heavy atom. The number of rotatable bonds is 3. The van der Waals surface area contributed by atoms with Crippen LogP contribution in [0.4, 0.5) is 9.59 Å². The highest BCUT2D eigenvalue weighted by atomic mass is 16.6. The first-order chi connectivity index (χ1) is 13.6. The number of esters is 1. The number of ether oxygens (including phenoxy) is 2. The average molecular weight is 426 g/mol. The molecule has 0 saturated carbocycles. The average Bonchev–Trinajstić information content (AvgIpc) is 3.09. The standard InChI is InChI=1S/C19H30N4O7/c1-17(2,3)11(20-16(28)30-18(4,5)6)12(24)23-9-19(8-10(23)13(25)29-7)14(26)21-15(27)22-19/h10-11H,8-9H2,1-7H3,(H,20,28)(H2,21,22,26,27). The zero-order valence-corrected chi connectivity index (χ0v) is 18.4. The fraction of sp³-hybridized carbons (Fsp3) is 0.737. The molecule has 0 radical (unpaired) electrons. The van der Waals surface area contributed by atoms with Crippen molar-refractivity contribution in [3.63, 3.8) is 0 Å². The van der Waals surface area contributed by atoms with Crippen LogP contribution in [0.15, 0.2) is 0 Å². The molecule has 0 aromatic rings. The highest BCUT2D eigenvalue weighted by molar-refractivity contribution is 6.08. The van der Waals surface area contributed by atoms with E-state index in [0.717, 1.165) is 0 Å². The molecule has 168 valence electrons. The Hall–Kier alpha value is -2.85. The lowest BCUT2D eigenvalue weighted by Gasteiger charge is -2.35. The second-order valence-corrected chi connectivity index (χ2v) is 9.64. The van der Waals surface area contributed by atoms with Gasteiger partial charge in [-0.1, -0.05) is 20.8 Å². The first-order valence-electron chi connectivity index (χ1n) is 9.61. The molecule has 11 heteroatoms. The van der Waals surface area contributed by atoms with Crippen molar-refractivity contribution in [2.24, 2.45) is 5.41 Å². The van der Waals surface area contributed by atoms with E-state index in [1.54, 1.807) is 41.5 Å². The predicted molar refractivity (Wildman–Crippen MR) is 104 cm³/mol. The molecule has 30 heavy (non-hydrogen) atoms. The summed E-state index contributed by atoms with van der Waals surface area (Å²) in [5.41, 5.74) is -2.94. The number of imide groups is 1. The van der Waals surface area contributed by atoms with Crippen LogP contribution >= 0.6 is 0 Å². The molecule has 2 rings (SSSR count). The number of nitrogens with zero attached hydrogens (tertiary/aromatic N) is 1. The van der Waals surface area contributed by atoms with Crippen molar-refractivity contribution >= 4 is 29.9 Å². The molecule has 2 saturated heterocycles. The van der Waals surface area contributed by atoms with Gasteiger partial charge in [0.05, 0.1) is 13.7 Å². The third kappa shape index (κ3) is 4.82. The number of hydrogen-bond donors (Lipinski definition) is 3. The van der Waals surface area contributed by atoms with Gasteiger partial charge in [0.1, 0.15) is 23.2 Å². The van der Waals surface area contributed by atoms with Crippen LogP contribution in [0.25, 0.3) is 0 Å². The number of methoxy groups -OCH3 is 1. The van der Waals surface area contributed by atoms with Crippen molar-refractivity contribution in [2.75, 3.05) is 13.7 Å². The van der Waals surface area contributed by atoms with E-state index in [-0.39, 0.29) is 13.0 Å². The van der Waals surface area contributed by atoms with Crippen LogP contribution < -0.4 is 16.0 Å². The summed E-state index contributed by atoms with van der Waals surface area (Å²) < 4.78 is 10.1. The zero-order chi connectivity index (χ0) is 23.1. The molecule has 3 unspecified atom stereocenters. The normalized spacial score (nSPS) is 24.9. The molecule has 2 heterocycles. The highest BCUT2D eigenvalue weighted by Gasteiger charge is 2.58. The molecular formula is C19H30N4O7. The summed E-state index contributed by atoms with van der Waals surface area (Å²) in [6.45, 7) is 10.1. The number of nitrogens with one attached hydrogen (secondary N) is 3. The van der Waals surface area contributed by atoms with Gasteiger partial charge in [-0.2, -0.15) is 0 Å². The maximum atomic E-state index is 13.5. The monoisotopic (exact) mass is 426 g/mol. The van der Waals surface area contributed by atoms with Gasteiger partial charge in [-0.05, 0) is 26.2 Å². The fourth-order valence-electron chi connectivity index (χ4n) is 3.51. The largest absolute Gasteiger partial charge is 0.467 e. The van der Waals surface area contributed by atoms with E-state index in [0.29, 0.717) is 0 Å². The van der Waals surface area contributed by atoms with Crippen LogP contribution in [0.5, 0.6) is 0 Å². The van der Waals surface area contributed by atoms with E-state index in [2.05, 4.69) is 16.0 Å². The third-order valence-electron chi connectivity index (χ3n) is 4.90. The minimum absolute atomic E-state index is 0.133. The van der Waals surface area contributed by atoms with Crippen molar-refractivity contribution in [1.29, 1.82) is 0 Å². The van der Waals surface area contributed by atoms with Gasteiger partial charge in [0.2, 0.25) is 5.91 Å². The molecule has 5 amide bonds. The Morgan fingerprint density at radius 3 is 2.20 bits per heavy atom.